The lowest BCUT2D eigenvalue weighted by atomic mass is 10.1. The first-order valence-corrected chi connectivity index (χ1v) is 11.2. The Balaban J connectivity index is 1.49. The first kappa shape index (κ1) is 23.7. The highest BCUT2D eigenvalue weighted by Gasteiger charge is 2.35. The third-order valence-corrected chi connectivity index (χ3v) is 6.04. The van der Waals surface area contributed by atoms with Gasteiger partial charge in [-0.05, 0) is 47.2 Å². The molecule has 0 atom stereocenters. The van der Waals surface area contributed by atoms with Crippen LogP contribution >= 0.6 is 11.8 Å². The fraction of sp³-hybridized carbons (Fsp3) is 0.0800. The number of para-hydroxylation sites is 1. The van der Waals surface area contributed by atoms with Crippen LogP contribution in [0.5, 0.6) is 5.75 Å². The molecule has 1 heterocycles. The fourth-order valence-corrected chi connectivity index (χ4v) is 4.19. The Morgan fingerprint density at radius 3 is 2.49 bits per heavy atom. The Bertz CT molecular complexity index is 1350. The average molecular weight is 490 g/mol. The van der Waals surface area contributed by atoms with Gasteiger partial charge in [0.15, 0.2) is 0 Å². The number of imide groups is 1. The molecule has 9 nitrogen and oxygen atoms in total. The van der Waals surface area contributed by atoms with Crippen molar-refractivity contribution in [3.63, 3.8) is 0 Å². The van der Waals surface area contributed by atoms with E-state index in [1.165, 1.54) is 30.3 Å². The van der Waals surface area contributed by atoms with Crippen LogP contribution < -0.4 is 4.74 Å². The van der Waals surface area contributed by atoms with E-state index in [-0.39, 0.29) is 29.3 Å². The van der Waals surface area contributed by atoms with Gasteiger partial charge < -0.3 is 9.84 Å². The number of aromatic carboxylic acids is 1. The van der Waals surface area contributed by atoms with Gasteiger partial charge in [0, 0.05) is 17.7 Å². The number of carbonyl (C=O) groups excluding carboxylic acids is 2. The molecule has 1 fully saturated rings. The molecule has 3 aromatic rings. The number of rotatable bonds is 8. The highest BCUT2D eigenvalue weighted by molar-refractivity contribution is 8.18. The molecule has 4 rings (SSSR count). The molecule has 10 heteroatoms. The molecule has 0 aromatic heterocycles. The third-order valence-electron chi connectivity index (χ3n) is 5.14. The van der Waals surface area contributed by atoms with Gasteiger partial charge in [0.25, 0.3) is 16.8 Å². The van der Waals surface area contributed by atoms with Crippen molar-refractivity contribution in [3.8, 4) is 5.75 Å². The lowest BCUT2D eigenvalue weighted by Gasteiger charge is -2.12. The third kappa shape index (κ3) is 5.56. The summed E-state index contributed by atoms with van der Waals surface area (Å²) >= 11 is 0.787. The normalized spacial score (nSPS) is 14.4. The molecule has 0 spiro atoms. The van der Waals surface area contributed by atoms with Gasteiger partial charge in [-0.25, -0.2) is 4.79 Å². The molecular weight excluding hydrogens is 472 g/mol. The van der Waals surface area contributed by atoms with Crippen molar-refractivity contribution < 1.29 is 29.2 Å². The molecule has 3 aromatic carbocycles. The fourth-order valence-electron chi connectivity index (χ4n) is 3.36. The number of amides is 2. The molecule has 0 bridgehead atoms. The monoisotopic (exact) mass is 490 g/mol. The second kappa shape index (κ2) is 10.2. The number of hydrogen-bond donors (Lipinski definition) is 1. The van der Waals surface area contributed by atoms with Crippen molar-refractivity contribution in [2.45, 2.75) is 13.2 Å². The number of nitro groups is 1. The number of nitrogens with zero attached hydrogens (tertiary/aromatic N) is 2. The summed E-state index contributed by atoms with van der Waals surface area (Å²) < 4.78 is 5.88. The number of carboxylic acid groups (broad SMARTS) is 1. The maximum atomic E-state index is 12.9. The van der Waals surface area contributed by atoms with Gasteiger partial charge in [-0.2, -0.15) is 0 Å². The van der Waals surface area contributed by atoms with Crippen molar-refractivity contribution in [1.29, 1.82) is 0 Å². The summed E-state index contributed by atoms with van der Waals surface area (Å²) in [7, 11) is 0. The molecule has 0 radical (unpaired) electrons. The molecule has 1 saturated heterocycles. The Hall–Kier alpha value is -4.44. The Labute approximate surface area is 203 Å². The molecule has 0 saturated carbocycles. The Morgan fingerprint density at radius 2 is 1.77 bits per heavy atom. The van der Waals surface area contributed by atoms with Crippen molar-refractivity contribution in [3.05, 3.63) is 110 Å². The second-order valence-electron chi connectivity index (χ2n) is 7.52. The smallest absolute Gasteiger partial charge is 0.335 e. The van der Waals surface area contributed by atoms with Crippen LogP contribution in [0.1, 0.15) is 27.0 Å². The Morgan fingerprint density at radius 1 is 1.03 bits per heavy atom. The van der Waals surface area contributed by atoms with Gasteiger partial charge in [-0.3, -0.25) is 24.6 Å². The minimum atomic E-state index is -1.01. The zero-order valence-electron chi connectivity index (χ0n) is 18.1. The van der Waals surface area contributed by atoms with E-state index in [0.29, 0.717) is 16.9 Å². The Kier molecular flexibility index (Phi) is 6.93. The van der Waals surface area contributed by atoms with Crippen LogP contribution in [0.3, 0.4) is 0 Å². The van der Waals surface area contributed by atoms with Crippen LogP contribution in [0.2, 0.25) is 0 Å². The van der Waals surface area contributed by atoms with Gasteiger partial charge in [0.05, 0.1) is 21.9 Å². The molecule has 1 aliphatic heterocycles. The van der Waals surface area contributed by atoms with Gasteiger partial charge in [-0.15, -0.1) is 0 Å². The van der Waals surface area contributed by atoms with E-state index < -0.39 is 22.0 Å². The summed E-state index contributed by atoms with van der Waals surface area (Å²) in [5.41, 5.74) is 1.89. The van der Waals surface area contributed by atoms with Crippen molar-refractivity contribution >= 4 is 40.6 Å². The van der Waals surface area contributed by atoms with E-state index in [9.17, 15) is 24.5 Å². The number of benzene rings is 3. The number of ether oxygens (including phenoxy) is 1. The zero-order valence-corrected chi connectivity index (χ0v) is 18.9. The number of carboxylic acids is 1. The topological polar surface area (TPSA) is 127 Å². The summed E-state index contributed by atoms with van der Waals surface area (Å²) in [6, 6.07) is 19.1. The summed E-state index contributed by atoms with van der Waals surface area (Å²) in [4.78, 5) is 48.1. The molecular formula is C25H18N2O7S. The number of thioether (sulfide) groups is 1. The standard InChI is InChI=1S/C25H18N2O7S/c28-23-22(35-25(31)26(23)14-17-4-3-6-20(12-17)27(32)33)13-19-5-1-2-7-21(19)34-15-16-8-10-18(11-9-16)24(29)30/h1-13H,14-15H2,(H,29,30)/b22-13-. The van der Waals surface area contributed by atoms with Gasteiger partial charge in [0.1, 0.15) is 12.4 Å². The SMILES string of the molecule is O=C(O)c1ccc(COc2ccccc2/C=C2\SC(=O)N(Cc3cccc([N+](=O)[O-])c3)C2=O)cc1. The minimum Gasteiger partial charge on any atom is -0.488 e. The molecule has 0 aliphatic carbocycles. The number of hydrogen-bond acceptors (Lipinski definition) is 7. The molecule has 0 unspecified atom stereocenters. The van der Waals surface area contributed by atoms with E-state index in [2.05, 4.69) is 0 Å². The maximum Gasteiger partial charge on any atom is 0.335 e. The summed E-state index contributed by atoms with van der Waals surface area (Å²) in [5.74, 6) is -1.02. The van der Waals surface area contributed by atoms with Crippen LogP contribution in [-0.4, -0.2) is 32.0 Å². The quantitative estimate of drug-likeness (QED) is 0.262. The lowest BCUT2D eigenvalue weighted by molar-refractivity contribution is -0.384. The average Bonchev–Trinajstić information content (AvgIpc) is 3.11. The van der Waals surface area contributed by atoms with Crippen LogP contribution in [0.25, 0.3) is 6.08 Å². The maximum absolute atomic E-state index is 12.9. The zero-order chi connectivity index (χ0) is 24.9. The van der Waals surface area contributed by atoms with Gasteiger partial charge in [0.2, 0.25) is 0 Å². The van der Waals surface area contributed by atoms with E-state index >= 15 is 0 Å². The predicted molar refractivity (Wildman–Crippen MR) is 129 cm³/mol. The van der Waals surface area contributed by atoms with Gasteiger partial charge >= 0.3 is 5.97 Å². The van der Waals surface area contributed by atoms with E-state index in [1.807, 2.05) is 0 Å². The summed E-state index contributed by atoms with van der Waals surface area (Å²) in [6.07, 6.45) is 1.57. The van der Waals surface area contributed by atoms with Crippen molar-refractivity contribution in [1.82, 2.24) is 4.90 Å². The number of carbonyl (C=O) groups is 3. The van der Waals surface area contributed by atoms with E-state index in [1.54, 1.807) is 48.5 Å². The predicted octanol–water partition coefficient (Wildman–Crippen LogP) is 5.11. The molecule has 35 heavy (non-hydrogen) atoms. The second-order valence-corrected chi connectivity index (χ2v) is 8.52. The van der Waals surface area contributed by atoms with Crippen LogP contribution in [-0.2, 0) is 17.9 Å². The van der Waals surface area contributed by atoms with Crippen molar-refractivity contribution in [2.24, 2.45) is 0 Å². The molecule has 1 N–H and O–H groups in total. The lowest BCUT2D eigenvalue weighted by Crippen LogP contribution is -2.27. The highest BCUT2D eigenvalue weighted by Crippen LogP contribution is 2.35. The summed E-state index contributed by atoms with van der Waals surface area (Å²) in [6.45, 7) is 0.104. The first-order valence-electron chi connectivity index (χ1n) is 10.3. The molecule has 176 valence electrons. The number of non-ortho nitro benzene ring substituents is 1. The van der Waals surface area contributed by atoms with E-state index in [4.69, 9.17) is 9.84 Å². The van der Waals surface area contributed by atoms with Crippen LogP contribution in [0, 0.1) is 10.1 Å². The van der Waals surface area contributed by atoms with Crippen LogP contribution in [0.15, 0.2) is 77.7 Å². The van der Waals surface area contributed by atoms with Crippen molar-refractivity contribution in [2.75, 3.05) is 0 Å². The molecule has 2 amide bonds. The minimum absolute atomic E-state index is 0.0752. The van der Waals surface area contributed by atoms with Crippen LogP contribution in [0.4, 0.5) is 10.5 Å². The highest BCUT2D eigenvalue weighted by atomic mass is 32.2. The first-order chi connectivity index (χ1) is 16.8. The summed E-state index contributed by atoms with van der Waals surface area (Å²) in [5, 5.41) is 19.5. The molecule has 1 aliphatic rings. The largest absolute Gasteiger partial charge is 0.488 e. The van der Waals surface area contributed by atoms with Gasteiger partial charge in [-0.1, -0.05) is 42.5 Å². The number of nitro benzene ring substituents is 1. The van der Waals surface area contributed by atoms with E-state index in [0.717, 1.165) is 22.2 Å².